The second-order valence-electron chi connectivity index (χ2n) is 31.6. The molecule has 32 nitrogen and oxygen atoms in total. The number of anilines is 7. The van der Waals surface area contributed by atoms with Crippen molar-refractivity contribution in [1.82, 2.24) is 93.3 Å². The van der Waals surface area contributed by atoms with Gasteiger partial charge >= 0.3 is 0 Å². The average molecular weight is 1850 g/mol. The molecule has 0 amide bonds. The molecule has 3 unspecified atom stereocenters. The number of nitrogens with one attached hydrogen (secondary N) is 3. The molecule has 3 atom stereocenters. The highest BCUT2D eigenvalue weighted by Crippen LogP contribution is 2.44. The van der Waals surface area contributed by atoms with Crippen LogP contribution in [0.15, 0.2) is 130 Å². The quantitative estimate of drug-likeness (QED) is 0.0295. The summed E-state index contributed by atoms with van der Waals surface area (Å²) < 4.78 is 179. The molecule has 3 aliphatic heterocycles. The van der Waals surface area contributed by atoms with Gasteiger partial charge in [0.1, 0.15) is 40.1 Å². The predicted octanol–water partition coefficient (Wildman–Crippen LogP) is 16.8. The van der Waals surface area contributed by atoms with E-state index in [4.69, 9.17) is 31.8 Å². The smallest absolute Gasteiger partial charge is 0.295 e. The number of aliphatic imine (C=N–C) groups is 1. The maximum Gasteiger partial charge on any atom is 0.295 e. The van der Waals surface area contributed by atoms with Crippen molar-refractivity contribution < 1.29 is 61.4 Å². The number of nitrogens with two attached hydrogens (primary N) is 1. The maximum atomic E-state index is 14.4. The highest BCUT2D eigenvalue weighted by Gasteiger charge is 2.34. The number of halogens is 7. The number of ether oxygens (including phenoxy) is 2. The number of benzene rings is 3. The van der Waals surface area contributed by atoms with Crippen molar-refractivity contribution in [3.05, 3.63) is 206 Å². The number of hydrogen-bond acceptors (Lipinski definition) is 27. The standard InChI is InChI=1S/C30H32F2N8O3S.C27H27F2N7O2S.C24H25ClF2N6O3S.C6H9N3/c1-16-15-39(4)38-26(16)19-8-9-22(24(11-19)44(41)42)36-23-13-20(12-21-14-33-17(2)18(3)34-21)35-29-27(23)37-30(28(31)32)40(29)25-7-5-6-10-43-25;1-14-13-36(4)35-25(14)17-6-7-20(24(8-17)39(5,37)38)33-21-10-18(9-19-12-30-15(2)16(3)31-19)32-22-11-23(27(28)29)34-26(21)22;1-13-12-32(2)31-20(13)14-7-8-15(17(10-14)37(3,34)35)28-16-11-18(25)29-23-21(16)30-24(22(26)27)33(23)19-6-4-5-9-36-19;1-4-5(2)9-6(7)3-8-4/h8-9,11,13-15,25,28H,5-7,10,12H2,1-4H3,(H,35,36)(H,41,42);6-8,10,12-13,27H,9,11H2,1-5H3,(H,32,33);7-8,10-12,19,22H,4-6,9H2,1-3H3,(H,28,29);3H,1-2H3,(H2,7,9)/p-1. The lowest BCUT2D eigenvalue weighted by Crippen LogP contribution is -2.20. The Balaban J connectivity index is 0.000000149. The van der Waals surface area contributed by atoms with Crippen LogP contribution in [0.3, 0.4) is 0 Å². The van der Waals surface area contributed by atoms with Crippen molar-refractivity contribution in [2.45, 2.75) is 167 Å². The minimum Gasteiger partial charge on any atom is -0.768 e. The minimum absolute atomic E-state index is 0.0109. The largest absolute Gasteiger partial charge is 0.768 e. The molecule has 3 aliphatic rings. The number of nitrogens with zero attached hydrogens (tertiary/aromatic N) is 20. The lowest BCUT2D eigenvalue weighted by atomic mass is 10.1. The van der Waals surface area contributed by atoms with E-state index in [0.717, 1.165) is 89.0 Å². The molecule has 129 heavy (non-hydrogen) atoms. The molecular formula is C87H92ClF6N24O8S3-. The van der Waals surface area contributed by atoms with Crippen LogP contribution in [0.25, 0.3) is 56.1 Å². The number of nitrogen functional groups attached to an aromatic ring is 1. The normalized spacial score (nSPS) is 14.9. The van der Waals surface area contributed by atoms with Crippen LogP contribution in [0.1, 0.15) is 155 Å². The van der Waals surface area contributed by atoms with Gasteiger partial charge < -0.3 is 35.7 Å². The zero-order chi connectivity index (χ0) is 92.5. The van der Waals surface area contributed by atoms with Crippen LogP contribution in [0.5, 0.6) is 0 Å². The Bertz CT molecular complexity index is 6930. The summed E-state index contributed by atoms with van der Waals surface area (Å²) >= 11 is 3.66. The Labute approximate surface area is 746 Å². The van der Waals surface area contributed by atoms with E-state index >= 15 is 0 Å². The first-order valence-electron chi connectivity index (χ1n) is 40.8. The number of hydrogen-bond donors (Lipinski definition) is 4. The van der Waals surface area contributed by atoms with E-state index in [0.29, 0.717) is 118 Å². The lowest BCUT2D eigenvalue weighted by molar-refractivity contribution is -0.0363. The van der Waals surface area contributed by atoms with Gasteiger partial charge in [-0.1, -0.05) is 29.8 Å². The van der Waals surface area contributed by atoms with Gasteiger partial charge in [-0.25, -0.2) is 73.1 Å². The summed E-state index contributed by atoms with van der Waals surface area (Å²) in [5.41, 5.74) is 22.1. The van der Waals surface area contributed by atoms with Crippen molar-refractivity contribution >= 4 is 116 Å². The maximum absolute atomic E-state index is 14.4. The molecule has 0 spiro atoms. The molecule has 11 aromatic heterocycles. The molecule has 2 fully saturated rings. The Morgan fingerprint density at radius 3 is 1.33 bits per heavy atom. The zero-order valence-corrected chi connectivity index (χ0v) is 75.9. The van der Waals surface area contributed by atoms with Crippen LogP contribution < -0.4 is 21.7 Å². The Hall–Kier alpha value is -12.4. The second kappa shape index (κ2) is 38.5. The SMILES string of the molecule is Cc1cn(C)nc1-c1ccc(Nc2cc(Cc3cnc(C)c(C)n3)nc3c2N=C(C(F)F)C3)c(S(C)(=O)=O)c1.Cc1cn(C)nc1-c1ccc(Nc2cc(Cc3cnc(C)c(C)n3)nc3c2nc(C(F)F)n3C2CCCCO2)c(S(=O)[O-])c1.Cc1cn(C)nc1-c1ccc(Nc2cc(Cl)nc3c2nc(C(F)F)n3C2CCCCO2)c(S(C)(=O)=O)c1.Cc1ncc(N)nc1C. The first-order valence-corrected chi connectivity index (χ1v) is 46.0. The van der Waals surface area contributed by atoms with Gasteiger partial charge in [0.25, 0.3) is 19.3 Å². The number of aromatic nitrogens is 19. The number of pyridine rings is 3. The van der Waals surface area contributed by atoms with Crippen LogP contribution >= 0.6 is 11.6 Å². The summed E-state index contributed by atoms with van der Waals surface area (Å²) in [6.45, 7) is 17.8. The number of fused-ring (bicyclic) bond motifs is 3. The van der Waals surface area contributed by atoms with Crippen LogP contribution in [-0.2, 0) is 80.6 Å². The summed E-state index contributed by atoms with van der Waals surface area (Å²) in [5.74, 6) is -0.457. The minimum atomic E-state index is -3.70. The van der Waals surface area contributed by atoms with E-state index in [-0.39, 0.29) is 83.5 Å². The Morgan fingerprint density at radius 1 is 0.496 bits per heavy atom. The fraction of sp³-hybridized carbons (Fsp3) is 0.345. The van der Waals surface area contributed by atoms with E-state index in [1.165, 1.54) is 27.3 Å². The first-order chi connectivity index (χ1) is 61.2. The zero-order valence-electron chi connectivity index (χ0n) is 72.7. The van der Waals surface area contributed by atoms with Crippen molar-refractivity contribution in [3.63, 3.8) is 0 Å². The number of sulfone groups is 2. The molecule has 3 aromatic carbocycles. The molecule has 0 saturated carbocycles. The van der Waals surface area contributed by atoms with E-state index in [2.05, 4.69) is 86.1 Å². The molecule has 0 radical (unpaired) electrons. The second-order valence-corrected chi connectivity index (χ2v) is 36.9. The lowest BCUT2D eigenvalue weighted by Gasteiger charge is -2.25. The molecular weight excluding hydrogens is 1750 g/mol. The third-order valence-electron chi connectivity index (χ3n) is 21.6. The number of rotatable bonds is 21. The average Bonchev–Trinajstić information content (AvgIpc) is 1.61. The highest BCUT2D eigenvalue weighted by atomic mass is 35.5. The monoisotopic (exact) mass is 1850 g/mol. The van der Waals surface area contributed by atoms with Crippen LogP contribution in [-0.4, -0.2) is 157 Å². The summed E-state index contributed by atoms with van der Waals surface area (Å²) in [7, 11) is -2.01. The molecule has 2 saturated heterocycles. The van der Waals surface area contributed by atoms with E-state index < -0.39 is 74.1 Å². The van der Waals surface area contributed by atoms with Gasteiger partial charge in [-0.05, 0) is 177 Å². The summed E-state index contributed by atoms with van der Waals surface area (Å²) in [6.07, 6.45) is 7.72. The van der Waals surface area contributed by atoms with E-state index in [1.54, 1.807) is 108 Å². The van der Waals surface area contributed by atoms with Gasteiger partial charge in [-0.3, -0.25) is 57.3 Å². The molecule has 14 aromatic rings. The summed E-state index contributed by atoms with van der Waals surface area (Å²) in [6, 6.07) is 19.6. The summed E-state index contributed by atoms with van der Waals surface area (Å²) in [4.78, 5) is 52.2. The molecule has 14 heterocycles. The first kappa shape index (κ1) is 92.8. The number of imidazole rings is 2. The van der Waals surface area contributed by atoms with Crippen LogP contribution in [0, 0.1) is 62.3 Å². The van der Waals surface area contributed by atoms with E-state index in [9.17, 15) is 51.9 Å². The Morgan fingerprint density at radius 2 is 0.915 bits per heavy atom. The van der Waals surface area contributed by atoms with Crippen LogP contribution in [0.2, 0.25) is 5.15 Å². The molecule has 5 N–H and O–H groups in total. The number of alkyl halides is 6. The van der Waals surface area contributed by atoms with Crippen molar-refractivity contribution in [2.24, 2.45) is 26.1 Å². The topological polar surface area (TPSA) is 406 Å². The third-order valence-corrected chi connectivity index (χ3v) is 24.8. The van der Waals surface area contributed by atoms with Gasteiger partial charge in [0.15, 0.2) is 42.6 Å². The van der Waals surface area contributed by atoms with Gasteiger partial charge in [0.05, 0.1) is 130 Å². The van der Waals surface area contributed by atoms with Crippen molar-refractivity contribution in [2.75, 3.05) is 47.4 Å². The van der Waals surface area contributed by atoms with Crippen molar-refractivity contribution in [3.8, 4) is 33.8 Å². The van der Waals surface area contributed by atoms with Gasteiger partial charge in [0, 0.05) is 130 Å². The number of aryl methyl sites for hydroxylation is 12. The molecule has 17 rings (SSSR count). The fourth-order valence-corrected chi connectivity index (χ4v) is 17.6. The third kappa shape index (κ3) is 21.1. The molecule has 0 aliphatic carbocycles. The molecule has 42 heteroatoms. The predicted molar refractivity (Wildman–Crippen MR) is 477 cm³/mol. The fourth-order valence-electron chi connectivity index (χ4n) is 15.2. The van der Waals surface area contributed by atoms with Gasteiger partial charge in [-0.2, -0.15) is 15.3 Å². The van der Waals surface area contributed by atoms with Crippen LogP contribution in [0.4, 0.5) is 72.0 Å². The van der Waals surface area contributed by atoms with Gasteiger partial charge in [0.2, 0.25) is 0 Å². The van der Waals surface area contributed by atoms with Crippen molar-refractivity contribution in [1.29, 1.82) is 0 Å². The highest BCUT2D eigenvalue weighted by molar-refractivity contribution is 7.91. The summed E-state index contributed by atoms with van der Waals surface area (Å²) in [5, 5.41) is 22.7. The van der Waals surface area contributed by atoms with E-state index in [1.807, 2.05) is 80.9 Å². The van der Waals surface area contributed by atoms with Gasteiger partial charge in [-0.15, -0.1) is 0 Å². The molecule has 676 valence electrons. The molecule has 0 bridgehead atoms. The Kier molecular flexibility index (Phi) is 27.7.